The van der Waals surface area contributed by atoms with Crippen molar-refractivity contribution in [2.75, 3.05) is 0 Å². The zero-order chi connectivity index (χ0) is 13.0. The molecule has 0 saturated heterocycles. The van der Waals surface area contributed by atoms with Gasteiger partial charge in [-0.3, -0.25) is 0 Å². The summed E-state index contributed by atoms with van der Waals surface area (Å²) in [5, 5.41) is 0. The third-order valence-corrected chi connectivity index (χ3v) is 4.58. The lowest BCUT2D eigenvalue weighted by atomic mass is 10.2. The van der Waals surface area contributed by atoms with E-state index in [0.29, 0.717) is 0 Å². The van der Waals surface area contributed by atoms with Crippen molar-refractivity contribution in [2.24, 2.45) is 0 Å². The third kappa shape index (κ3) is 3.35. The summed E-state index contributed by atoms with van der Waals surface area (Å²) < 4.78 is 28.7. The minimum atomic E-state index is -3.71. The molecule has 0 heterocycles. The number of benzene rings is 2. The van der Waals surface area contributed by atoms with Crippen molar-refractivity contribution in [3.8, 4) is 0 Å². The maximum absolute atomic E-state index is 11.9. The smallest absolute Gasteiger partial charge is 0.193 e. The zero-order valence-corrected chi connectivity index (χ0v) is 11.4. The lowest BCUT2D eigenvalue weighted by molar-refractivity contribution is 0.518. The molecule has 0 atom stereocenters. The molecule has 94 valence electrons. The summed E-state index contributed by atoms with van der Waals surface area (Å²) in [5.41, 5.74) is 1.00. The summed E-state index contributed by atoms with van der Waals surface area (Å²) in [6.07, 6.45) is 0. The van der Waals surface area contributed by atoms with Crippen LogP contribution in [0.15, 0.2) is 64.4 Å². The Morgan fingerprint density at radius 2 is 1.56 bits per heavy atom. The van der Waals surface area contributed by atoms with Gasteiger partial charge in [0.1, 0.15) is 0 Å². The van der Waals surface area contributed by atoms with Crippen LogP contribution in [0, 0.1) is 6.92 Å². The Balaban J connectivity index is 2.11. The van der Waals surface area contributed by atoms with Crippen molar-refractivity contribution in [1.82, 2.24) is 0 Å². The normalized spacial score (nSPS) is 11.4. The highest BCUT2D eigenvalue weighted by molar-refractivity contribution is 8.04. The van der Waals surface area contributed by atoms with Crippen LogP contribution in [0.25, 0.3) is 0 Å². The summed E-state index contributed by atoms with van der Waals surface area (Å²) in [7, 11) is -3.71. The summed E-state index contributed by atoms with van der Waals surface area (Å²) in [6.45, 7) is 1.90. The Hall–Kier alpha value is -1.30. The molecule has 0 aliphatic rings. The molecule has 2 rings (SSSR count). The molecule has 0 aromatic heterocycles. The molecular formula is C13H12O3S2. The maximum Gasteiger partial charge on any atom is 0.308 e. The monoisotopic (exact) mass is 280 g/mol. The predicted octanol–water partition coefficient (Wildman–Crippen LogP) is 3.41. The van der Waals surface area contributed by atoms with Gasteiger partial charge in [0.05, 0.1) is 4.90 Å². The SMILES string of the molecule is Cc1ccc(S(=O)(=O)OSc2ccccc2)cc1. The van der Waals surface area contributed by atoms with Crippen LogP contribution in [0.5, 0.6) is 0 Å². The zero-order valence-electron chi connectivity index (χ0n) is 9.74. The van der Waals surface area contributed by atoms with Gasteiger partial charge in [-0.25, -0.2) is 0 Å². The number of rotatable bonds is 4. The quantitative estimate of drug-likeness (QED) is 0.805. The first-order valence-corrected chi connectivity index (χ1v) is 7.46. The molecule has 0 N–H and O–H groups in total. The fraction of sp³-hybridized carbons (Fsp3) is 0.0769. The van der Waals surface area contributed by atoms with E-state index in [-0.39, 0.29) is 4.90 Å². The van der Waals surface area contributed by atoms with Crippen LogP contribution in [-0.4, -0.2) is 8.42 Å². The molecule has 0 aliphatic carbocycles. The number of hydrogen-bond acceptors (Lipinski definition) is 4. The van der Waals surface area contributed by atoms with Crippen molar-refractivity contribution in [3.63, 3.8) is 0 Å². The molecule has 5 heteroatoms. The van der Waals surface area contributed by atoms with Gasteiger partial charge in [0.2, 0.25) is 0 Å². The fourth-order valence-corrected chi connectivity index (χ4v) is 3.03. The standard InChI is InChI=1S/C13H12O3S2/c1-11-7-9-13(10-8-11)18(14,15)16-17-12-5-3-2-4-6-12/h2-10H,1H3. The Labute approximate surface area is 111 Å². The van der Waals surface area contributed by atoms with Gasteiger partial charge in [0, 0.05) is 16.9 Å². The largest absolute Gasteiger partial charge is 0.308 e. The van der Waals surface area contributed by atoms with E-state index in [2.05, 4.69) is 0 Å². The Morgan fingerprint density at radius 3 is 2.17 bits per heavy atom. The van der Waals surface area contributed by atoms with Crippen molar-refractivity contribution in [1.29, 1.82) is 0 Å². The van der Waals surface area contributed by atoms with Gasteiger partial charge in [0.25, 0.3) is 0 Å². The topological polar surface area (TPSA) is 43.4 Å². The lowest BCUT2D eigenvalue weighted by Crippen LogP contribution is -2.01. The molecule has 2 aromatic rings. The van der Waals surface area contributed by atoms with E-state index in [0.717, 1.165) is 22.5 Å². The second kappa shape index (κ2) is 5.56. The van der Waals surface area contributed by atoms with Crippen molar-refractivity contribution < 1.29 is 12.0 Å². The van der Waals surface area contributed by atoms with Crippen LogP contribution in [0.1, 0.15) is 5.56 Å². The number of aryl methyl sites for hydroxylation is 1. The van der Waals surface area contributed by atoms with E-state index < -0.39 is 10.1 Å². The van der Waals surface area contributed by atoms with Gasteiger partial charge in [0.15, 0.2) is 0 Å². The van der Waals surface area contributed by atoms with E-state index in [9.17, 15) is 8.42 Å². The van der Waals surface area contributed by atoms with Crippen LogP contribution in [0.2, 0.25) is 0 Å². The molecular weight excluding hydrogens is 268 g/mol. The highest BCUT2D eigenvalue weighted by Crippen LogP contribution is 2.24. The van der Waals surface area contributed by atoms with Crippen LogP contribution in [-0.2, 0) is 13.7 Å². The minimum absolute atomic E-state index is 0.163. The van der Waals surface area contributed by atoms with E-state index in [1.54, 1.807) is 24.3 Å². The van der Waals surface area contributed by atoms with Crippen molar-refractivity contribution >= 4 is 22.2 Å². The van der Waals surface area contributed by atoms with E-state index in [4.69, 9.17) is 3.63 Å². The maximum atomic E-state index is 11.9. The van der Waals surface area contributed by atoms with Crippen molar-refractivity contribution in [3.05, 3.63) is 60.2 Å². The van der Waals surface area contributed by atoms with E-state index >= 15 is 0 Å². The average molecular weight is 280 g/mol. The summed E-state index contributed by atoms with van der Waals surface area (Å²) in [4.78, 5) is 0.907. The van der Waals surface area contributed by atoms with E-state index in [1.165, 1.54) is 12.1 Å². The molecule has 0 saturated carbocycles. The molecule has 0 aliphatic heterocycles. The van der Waals surface area contributed by atoms with Gasteiger partial charge < -0.3 is 0 Å². The molecule has 0 bridgehead atoms. The molecule has 18 heavy (non-hydrogen) atoms. The van der Waals surface area contributed by atoms with E-state index in [1.807, 2.05) is 25.1 Å². The minimum Gasteiger partial charge on any atom is -0.193 e. The lowest BCUT2D eigenvalue weighted by Gasteiger charge is -2.04. The van der Waals surface area contributed by atoms with Crippen molar-refractivity contribution in [2.45, 2.75) is 16.7 Å². The van der Waals surface area contributed by atoms with Gasteiger partial charge in [-0.1, -0.05) is 35.9 Å². The van der Waals surface area contributed by atoms with Gasteiger partial charge in [-0.15, -0.1) is 0 Å². The predicted molar refractivity (Wildman–Crippen MR) is 71.7 cm³/mol. The Bertz CT molecular complexity index is 604. The number of hydrogen-bond donors (Lipinski definition) is 0. The molecule has 2 aromatic carbocycles. The third-order valence-electron chi connectivity index (χ3n) is 2.27. The highest BCUT2D eigenvalue weighted by Gasteiger charge is 2.15. The Kier molecular flexibility index (Phi) is 4.06. The molecule has 0 amide bonds. The van der Waals surface area contributed by atoms with Gasteiger partial charge in [-0.05, 0) is 31.2 Å². The van der Waals surface area contributed by atoms with Crippen LogP contribution < -0.4 is 0 Å². The van der Waals surface area contributed by atoms with Crippen LogP contribution in [0.3, 0.4) is 0 Å². The van der Waals surface area contributed by atoms with Crippen LogP contribution in [0.4, 0.5) is 0 Å². The summed E-state index contributed by atoms with van der Waals surface area (Å²) >= 11 is 0.838. The average Bonchev–Trinajstić information content (AvgIpc) is 2.38. The fourth-order valence-electron chi connectivity index (χ4n) is 1.30. The first-order chi connectivity index (χ1) is 8.58. The van der Waals surface area contributed by atoms with Crippen LogP contribution >= 0.6 is 12.0 Å². The summed E-state index contributed by atoms with van der Waals surface area (Å²) in [6, 6.07) is 15.6. The second-order valence-corrected chi connectivity index (χ2v) is 6.29. The molecule has 0 radical (unpaired) electrons. The molecule has 3 nitrogen and oxygen atoms in total. The molecule has 0 unspecified atom stereocenters. The second-order valence-electron chi connectivity index (χ2n) is 3.73. The highest BCUT2D eigenvalue weighted by atomic mass is 32.3. The van der Waals surface area contributed by atoms with Gasteiger partial charge in [-0.2, -0.15) is 12.0 Å². The Morgan fingerprint density at radius 1 is 0.944 bits per heavy atom. The molecule has 0 fully saturated rings. The van der Waals surface area contributed by atoms with Gasteiger partial charge >= 0.3 is 10.1 Å². The summed E-state index contributed by atoms with van der Waals surface area (Å²) in [5.74, 6) is 0. The first-order valence-electron chi connectivity index (χ1n) is 5.31. The first kappa shape index (κ1) is 13.1. The molecule has 0 spiro atoms.